The van der Waals surface area contributed by atoms with Gasteiger partial charge in [-0.25, -0.2) is 9.59 Å². The number of fused-ring (bicyclic) bond motifs is 3. The molecule has 0 radical (unpaired) electrons. The first-order valence-electron chi connectivity index (χ1n) is 18.3. The standard InChI is InChI=1S/C39H53N3O11/c1-39(2,3)53-37(47)31-15-14-30(36(45)46)35(34-28-12-6-4-10-26(28)27-11-5-7-13-29(27)34)52-38(48)41-19-9-21-50-23-25-51-24-22-49-20-8-18-40-32(43)16-17-33(44)42-31/h4-7,10-13,30-31,34-35H,8-9,14-25H2,1-3H3,(H,40,43)(H,41,48)(H,42,44)(H,45,46). The van der Waals surface area contributed by atoms with E-state index in [0.717, 1.165) is 22.3 Å². The molecule has 2 aromatic carbocycles. The van der Waals surface area contributed by atoms with E-state index in [9.17, 15) is 29.1 Å². The molecular weight excluding hydrogens is 686 g/mol. The highest BCUT2D eigenvalue weighted by Crippen LogP contribution is 2.48. The Kier molecular flexibility index (Phi) is 16.1. The Morgan fingerprint density at radius 1 is 0.736 bits per heavy atom. The molecule has 14 heteroatoms. The van der Waals surface area contributed by atoms with Crippen LogP contribution in [0.4, 0.5) is 4.79 Å². The van der Waals surface area contributed by atoms with Crippen LogP contribution in [0.2, 0.25) is 0 Å². The molecule has 4 rings (SSSR count). The molecular formula is C39H53N3O11. The van der Waals surface area contributed by atoms with E-state index in [-0.39, 0.29) is 38.1 Å². The molecule has 2 aliphatic rings. The second-order valence-corrected chi connectivity index (χ2v) is 14.0. The van der Waals surface area contributed by atoms with Crippen molar-refractivity contribution < 1.29 is 52.8 Å². The van der Waals surface area contributed by atoms with Crippen LogP contribution in [0.3, 0.4) is 0 Å². The van der Waals surface area contributed by atoms with Gasteiger partial charge in [0.25, 0.3) is 0 Å². The van der Waals surface area contributed by atoms with Crippen molar-refractivity contribution in [3.63, 3.8) is 0 Å². The number of rotatable bonds is 3. The Bertz CT molecular complexity index is 1500. The molecule has 4 N–H and O–H groups in total. The molecule has 0 aromatic heterocycles. The number of amides is 3. The van der Waals surface area contributed by atoms with E-state index >= 15 is 0 Å². The zero-order chi connectivity index (χ0) is 38.2. The van der Waals surface area contributed by atoms with Gasteiger partial charge >= 0.3 is 18.0 Å². The number of ether oxygens (including phenoxy) is 5. The van der Waals surface area contributed by atoms with Crippen LogP contribution in [0.5, 0.6) is 0 Å². The number of cyclic esters (lactones) is 1. The first-order chi connectivity index (χ1) is 25.4. The number of alkyl carbamates (subject to hydrolysis) is 1. The molecule has 1 heterocycles. The topological polar surface area (TPSA) is 188 Å². The molecule has 290 valence electrons. The largest absolute Gasteiger partial charge is 0.481 e. The number of aliphatic carboxylic acids is 1. The fourth-order valence-electron chi connectivity index (χ4n) is 6.38. The number of carbonyl (C=O) groups excluding carboxylic acids is 4. The van der Waals surface area contributed by atoms with Crippen LogP contribution in [-0.4, -0.2) is 105 Å². The van der Waals surface area contributed by atoms with Gasteiger partial charge in [-0.3, -0.25) is 14.4 Å². The third kappa shape index (κ3) is 13.1. The van der Waals surface area contributed by atoms with Crippen molar-refractivity contribution in [2.45, 2.75) is 83.0 Å². The summed E-state index contributed by atoms with van der Waals surface area (Å²) < 4.78 is 28.3. The maximum Gasteiger partial charge on any atom is 0.407 e. The number of esters is 1. The molecule has 1 saturated heterocycles. The molecule has 1 aliphatic carbocycles. The smallest absolute Gasteiger partial charge is 0.407 e. The van der Waals surface area contributed by atoms with E-state index < -0.39 is 53.5 Å². The van der Waals surface area contributed by atoms with Gasteiger partial charge in [0.05, 0.1) is 32.3 Å². The van der Waals surface area contributed by atoms with Crippen molar-refractivity contribution in [3.05, 3.63) is 59.7 Å². The van der Waals surface area contributed by atoms with Gasteiger partial charge in [-0.1, -0.05) is 48.5 Å². The van der Waals surface area contributed by atoms with Gasteiger partial charge in [0, 0.05) is 45.1 Å². The number of nitrogens with one attached hydrogen (secondary N) is 3. The number of carbonyl (C=O) groups is 5. The summed E-state index contributed by atoms with van der Waals surface area (Å²) in [4.78, 5) is 65.4. The van der Waals surface area contributed by atoms with Gasteiger partial charge in [-0.05, 0) is 68.7 Å². The van der Waals surface area contributed by atoms with Crippen LogP contribution >= 0.6 is 0 Å². The van der Waals surface area contributed by atoms with Gasteiger partial charge in [-0.2, -0.15) is 0 Å². The third-order valence-corrected chi connectivity index (χ3v) is 8.81. The van der Waals surface area contributed by atoms with Crippen molar-refractivity contribution >= 4 is 29.8 Å². The van der Waals surface area contributed by atoms with E-state index in [1.54, 1.807) is 20.8 Å². The monoisotopic (exact) mass is 739 g/mol. The van der Waals surface area contributed by atoms with E-state index in [0.29, 0.717) is 59.0 Å². The van der Waals surface area contributed by atoms with Crippen LogP contribution in [0.25, 0.3) is 11.1 Å². The van der Waals surface area contributed by atoms with Crippen molar-refractivity contribution in [1.29, 1.82) is 0 Å². The minimum absolute atomic E-state index is 0.118. The van der Waals surface area contributed by atoms with Crippen LogP contribution in [-0.2, 0) is 42.9 Å². The van der Waals surface area contributed by atoms with Crippen LogP contribution in [0, 0.1) is 5.92 Å². The summed E-state index contributed by atoms with van der Waals surface area (Å²) in [5.74, 6) is -4.82. The van der Waals surface area contributed by atoms with E-state index in [2.05, 4.69) is 16.0 Å². The van der Waals surface area contributed by atoms with Gasteiger partial charge in [0.2, 0.25) is 11.8 Å². The molecule has 0 bridgehead atoms. The lowest BCUT2D eigenvalue weighted by Gasteiger charge is -2.31. The Labute approximate surface area is 310 Å². The first kappa shape index (κ1) is 41.2. The summed E-state index contributed by atoms with van der Waals surface area (Å²) >= 11 is 0. The fourth-order valence-corrected chi connectivity index (χ4v) is 6.38. The molecule has 0 saturated carbocycles. The summed E-state index contributed by atoms with van der Waals surface area (Å²) in [6, 6.07) is 13.9. The Hall–Kier alpha value is -4.53. The van der Waals surface area contributed by atoms with Crippen LogP contribution < -0.4 is 16.0 Å². The van der Waals surface area contributed by atoms with E-state index in [1.165, 1.54) is 0 Å². The van der Waals surface area contributed by atoms with Gasteiger partial charge in [0.15, 0.2) is 0 Å². The minimum atomic E-state index is -1.30. The zero-order valence-electron chi connectivity index (χ0n) is 30.9. The second kappa shape index (κ2) is 20.6. The van der Waals surface area contributed by atoms with Crippen molar-refractivity contribution in [2.24, 2.45) is 5.92 Å². The highest BCUT2D eigenvalue weighted by atomic mass is 16.6. The number of hydrogen-bond donors (Lipinski definition) is 4. The Balaban J connectivity index is 1.60. The van der Waals surface area contributed by atoms with Gasteiger partial charge in [-0.15, -0.1) is 0 Å². The lowest BCUT2D eigenvalue weighted by molar-refractivity contribution is -0.159. The molecule has 14 nitrogen and oxygen atoms in total. The molecule has 3 unspecified atom stereocenters. The molecule has 2 aromatic rings. The van der Waals surface area contributed by atoms with Gasteiger partial charge < -0.3 is 44.7 Å². The van der Waals surface area contributed by atoms with Crippen LogP contribution in [0.15, 0.2) is 48.5 Å². The van der Waals surface area contributed by atoms with Crippen molar-refractivity contribution in [1.82, 2.24) is 16.0 Å². The highest BCUT2D eigenvalue weighted by Gasteiger charge is 2.44. The summed E-state index contributed by atoms with van der Waals surface area (Å²) in [5, 5.41) is 18.9. The molecule has 53 heavy (non-hydrogen) atoms. The zero-order valence-corrected chi connectivity index (χ0v) is 30.9. The summed E-state index contributed by atoms with van der Waals surface area (Å²) in [6.07, 6.45) is -1.55. The number of benzene rings is 2. The summed E-state index contributed by atoms with van der Waals surface area (Å²) in [6.45, 7) is 7.93. The maximum absolute atomic E-state index is 13.4. The second-order valence-electron chi connectivity index (χ2n) is 14.0. The average molecular weight is 740 g/mol. The molecule has 3 amide bonds. The maximum atomic E-state index is 13.4. The minimum Gasteiger partial charge on any atom is -0.481 e. The fraction of sp³-hybridized carbons (Fsp3) is 0.564. The molecule has 1 fully saturated rings. The predicted octanol–water partition coefficient (Wildman–Crippen LogP) is 3.94. The Morgan fingerprint density at radius 2 is 1.26 bits per heavy atom. The van der Waals surface area contributed by atoms with Gasteiger partial charge in [0.1, 0.15) is 17.7 Å². The first-order valence-corrected chi connectivity index (χ1v) is 18.3. The number of carboxylic acids is 1. The lowest BCUT2D eigenvalue weighted by Crippen LogP contribution is -2.46. The lowest BCUT2D eigenvalue weighted by atomic mass is 9.81. The van der Waals surface area contributed by atoms with Crippen molar-refractivity contribution in [3.8, 4) is 11.1 Å². The van der Waals surface area contributed by atoms with E-state index in [1.807, 2.05) is 48.5 Å². The summed E-state index contributed by atoms with van der Waals surface area (Å²) in [7, 11) is 0. The molecule has 0 spiro atoms. The highest BCUT2D eigenvalue weighted by molar-refractivity contribution is 5.87. The number of hydrogen-bond acceptors (Lipinski definition) is 10. The molecule has 1 aliphatic heterocycles. The predicted molar refractivity (Wildman–Crippen MR) is 194 cm³/mol. The quantitative estimate of drug-likeness (QED) is 0.334. The molecule has 3 atom stereocenters. The van der Waals surface area contributed by atoms with E-state index in [4.69, 9.17) is 23.7 Å². The third-order valence-electron chi connectivity index (χ3n) is 8.81. The normalized spacial score (nSPS) is 22.8. The SMILES string of the molecule is CC(C)(C)OC(=O)C1CCC(C(=O)O)C(C2c3ccccc3-c3ccccc32)OC(=O)NCCCOCCOCCOCCCNC(=O)CCC(=O)N1. The van der Waals surface area contributed by atoms with Crippen LogP contribution in [0.1, 0.15) is 76.3 Å². The summed E-state index contributed by atoms with van der Waals surface area (Å²) in [5.41, 5.74) is 2.54. The van der Waals surface area contributed by atoms with Crippen molar-refractivity contribution in [2.75, 3.05) is 52.7 Å². The Morgan fingerprint density at radius 3 is 1.83 bits per heavy atom. The number of carboxylic acid groups (broad SMARTS) is 1. The average Bonchev–Trinajstić information content (AvgIpc) is 3.44.